The van der Waals surface area contributed by atoms with Gasteiger partial charge in [-0.05, 0) is 74.9 Å². The predicted molar refractivity (Wildman–Crippen MR) is 116 cm³/mol. The van der Waals surface area contributed by atoms with Crippen LogP contribution in [0.5, 0.6) is 5.75 Å². The summed E-state index contributed by atoms with van der Waals surface area (Å²) in [6, 6.07) is 7.64. The van der Waals surface area contributed by atoms with E-state index in [1.165, 1.54) is 0 Å². The zero-order valence-electron chi connectivity index (χ0n) is 17.8. The summed E-state index contributed by atoms with van der Waals surface area (Å²) in [5.74, 6) is -0.170. The smallest absolute Gasteiger partial charge is 0.303 e. The zero-order chi connectivity index (χ0) is 22.1. The van der Waals surface area contributed by atoms with Crippen LogP contribution in [-0.2, 0) is 16.0 Å². The van der Waals surface area contributed by atoms with Gasteiger partial charge in [0, 0.05) is 19.3 Å². The minimum absolute atomic E-state index is 0.0344. The molecule has 30 heavy (non-hydrogen) atoms. The van der Waals surface area contributed by atoms with Gasteiger partial charge in [-0.2, -0.15) is 10.2 Å². The molecule has 0 spiro atoms. The molecule has 0 saturated heterocycles. The van der Waals surface area contributed by atoms with Crippen molar-refractivity contribution in [2.45, 2.75) is 71.8 Å². The topological polar surface area (TPSA) is 89.4 Å². The molecule has 0 amide bonds. The molecule has 2 rings (SSSR count). The summed E-state index contributed by atoms with van der Waals surface area (Å²) in [5.41, 5.74) is 3.74. The van der Waals surface area contributed by atoms with Crippen molar-refractivity contribution >= 4 is 23.4 Å². The van der Waals surface area contributed by atoms with Crippen LogP contribution in [0.1, 0.15) is 74.1 Å². The maximum absolute atomic E-state index is 11.9. The van der Waals surface area contributed by atoms with Gasteiger partial charge in [-0.25, -0.2) is 0 Å². The number of aryl methyl sites for hydroxylation is 3. The molecule has 2 aromatic rings. The van der Waals surface area contributed by atoms with E-state index >= 15 is 0 Å². The molecule has 7 heteroatoms. The molecule has 0 saturated carbocycles. The number of hydrogen-bond acceptors (Lipinski definition) is 5. The average Bonchev–Trinajstić information content (AvgIpc) is 2.69. The fourth-order valence-corrected chi connectivity index (χ4v) is 3.44. The average molecular weight is 433 g/mol. The third-order valence-corrected chi connectivity index (χ3v) is 5.22. The number of benzene rings is 1. The van der Waals surface area contributed by atoms with Crippen molar-refractivity contribution in [2.75, 3.05) is 0 Å². The molecule has 0 radical (unpaired) electrons. The SMILES string of the molecule is CC[C@@H](Oc1cc(CCCC(=O)CCCC(=O)O)c(C)cc1Cl)c1ccc(C)nn1. The van der Waals surface area contributed by atoms with E-state index in [2.05, 4.69) is 10.2 Å². The van der Waals surface area contributed by atoms with Crippen molar-refractivity contribution in [3.05, 3.63) is 51.8 Å². The molecule has 0 aliphatic rings. The minimum atomic E-state index is -0.867. The summed E-state index contributed by atoms with van der Waals surface area (Å²) in [7, 11) is 0. The summed E-state index contributed by atoms with van der Waals surface area (Å²) in [5, 5.41) is 17.5. The van der Waals surface area contributed by atoms with Gasteiger partial charge >= 0.3 is 5.97 Å². The Morgan fingerprint density at radius 3 is 2.47 bits per heavy atom. The van der Waals surface area contributed by atoms with Crippen LogP contribution in [0.3, 0.4) is 0 Å². The van der Waals surface area contributed by atoms with Gasteiger partial charge < -0.3 is 9.84 Å². The third-order valence-electron chi connectivity index (χ3n) is 4.93. The quantitative estimate of drug-likeness (QED) is 0.481. The van der Waals surface area contributed by atoms with Crippen LogP contribution in [0.25, 0.3) is 0 Å². The number of halogens is 1. The molecule has 0 bridgehead atoms. The number of nitrogens with zero attached hydrogens (tertiary/aromatic N) is 2. The number of ether oxygens (including phenoxy) is 1. The fourth-order valence-electron chi connectivity index (χ4n) is 3.18. The highest BCUT2D eigenvalue weighted by atomic mass is 35.5. The second kappa shape index (κ2) is 11.6. The Hall–Kier alpha value is -2.47. The van der Waals surface area contributed by atoms with Crippen molar-refractivity contribution in [1.82, 2.24) is 10.2 Å². The molecule has 1 aromatic carbocycles. The number of hydrogen-bond donors (Lipinski definition) is 1. The van der Waals surface area contributed by atoms with Crippen molar-refractivity contribution < 1.29 is 19.4 Å². The Kier molecular flexibility index (Phi) is 9.24. The van der Waals surface area contributed by atoms with E-state index in [4.69, 9.17) is 21.4 Å². The number of carbonyl (C=O) groups excluding carboxylic acids is 1. The van der Waals surface area contributed by atoms with Gasteiger partial charge in [-0.3, -0.25) is 9.59 Å². The molecule has 1 aromatic heterocycles. The first-order valence-electron chi connectivity index (χ1n) is 10.3. The van der Waals surface area contributed by atoms with E-state index < -0.39 is 5.97 Å². The first-order valence-corrected chi connectivity index (χ1v) is 10.7. The van der Waals surface area contributed by atoms with Gasteiger partial charge in [0.1, 0.15) is 23.3 Å². The van der Waals surface area contributed by atoms with Gasteiger partial charge in [-0.1, -0.05) is 18.5 Å². The fraction of sp³-hybridized carbons (Fsp3) is 0.478. The lowest BCUT2D eigenvalue weighted by atomic mass is 10.00. The number of rotatable bonds is 12. The summed E-state index contributed by atoms with van der Waals surface area (Å²) in [4.78, 5) is 22.5. The van der Waals surface area contributed by atoms with Crippen molar-refractivity contribution in [3.63, 3.8) is 0 Å². The zero-order valence-corrected chi connectivity index (χ0v) is 18.5. The monoisotopic (exact) mass is 432 g/mol. The highest BCUT2D eigenvalue weighted by Gasteiger charge is 2.17. The van der Waals surface area contributed by atoms with Crippen LogP contribution >= 0.6 is 11.6 Å². The Labute approximate surface area is 182 Å². The van der Waals surface area contributed by atoms with Gasteiger partial charge in [0.2, 0.25) is 0 Å². The maximum Gasteiger partial charge on any atom is 0.303 e. The lowest BCUT2D eigenvalue weighted by molar-refractivity contribution is -0.137. The number of aliphatic carboxylic acids is 1. The number of carboxylic acid groups (broad SMARTS) is 1. The van der Waals surface area contributed by atoms with E-state index in [1.54, 1.807) is 0 Å². The van der Waals surface area contributed by atoms with E-state index in [9.17, 15) is 9.59 Å². The van der Waals surface area contributed by atoms with Crippen LogP contribution in [-0.4, -0.2) is 27.1 Å². The first-order chi connectivity index (χ1) is 14.3. The van der Waals surface area contributed by atoms with Crippen molar-refractivity contribution in [3.8, 4) is 5.75 Å². The summed E-state index contributed by atoms with van der Waals surface area (Å²) in [6.45, 7) is 5.90. The standard InChI is InChI=1S/C23H29ClN2O4/c1-4-21(20-12-11-16(3)25-26-20)30-22-14-17(15(2)13-19(22)24)7-5-8-18(27)9-6-10-23(28)29/h11-14,21H,4-10H2,1-3H3,(H,28,29)/t21-/m1/s1. The van der Waals surface area contributed by atoms with Crippen LogP contribution in [0.15, 0.2) is 24.3 Å². The lowest BCUT2D eigenvalue weighted by Gasteiger charge is -2.19. The van der Waals surface area contributed by atoms with Crippen LogP contribution < -0.4 is 4.74 Å². The molecule has 0 aliphatic carbocycles. The normalized spacial score (nSPS) is 11.9. The number of carboxylic acids is 1. The first kappa shape index (κ1) is 23.8. The molecule has 1 atom stereocenters. The Morgan fingerprint density at radius 2 is 1.83 bits per heavy atom. The van der Waals surface area contributed by atoms with Crippen molar-refractivity contribution in [1.29, 1.82) is 0 Å². The molecular weight excluding hydrogens is 404 g/mol. The molecular formula is C23H29ClN2O4. The molecule has 6 nitrogen and oxygen atoms in total. The number of carbonyl (C=O) groups is 2. The summed E-state index contributed by atoms with van der Waals surface area (Å²) < 4.78 is 6.16. The number of Topliss-reactive ketones (excluding diaryl/α,β-unsaturated/α-hetero) is 1. The summed E-state index contributed by atoms with van der Waals surface area (Å²) >= 11 is 6.42. The molecule has 1 N–H and O–H groups in total. The van der Waals surface area contributed by atoms with E-state index in [-0.39, 0.29) is 18.3 Å². The molecule has 0 aliphatic heterocycles. The maximum atomic E-state index is 11.9. The van der Waals surface area contributed by atoms with E-state index in [1.807, 2.05) is 45.0 Å². The second-order valence-corrected chi connectivity index (χ2v) is 7.87. The minimum Gasteiger partial charge on any atom is -0.482 e. The van der Waals surface area contributed by atoms with Crippen molar-refractivity contribution in [2.24, 2.45) is 0 Å². The highest BCUT2D eigenvalue weighted by molar-refractivity contribution is 6.32. The Morgan fingerprint density at radius 1 is 1.10 bits per heavy atom. The van der Waals surface area contributed by atoms with E-state index in [0.29, 0.717) is 36.5 Å². The predicted octanol–water partition coefficient (Wildman–Crippen LogP) is 5.42. The molecule has 0 unspecified atom stereocenters. The number of ketones is 1. The van der Waals surface area contributed by atoms with E-state index in [0.717, 1.165) is 35.4 Å². The highest BCUT2D eigenvalue weighted by Crippen LogP contribution is 2.33. The summed E-state index contributed by atoms with van der Waals surface area (Å²) in [6.07, 6.45) is 3.09. The lowest BCUT2D eigenvalue weighted by Crippen LogP contribution is -2.10. The van der Waals surface area contributed by atoms with Crippen LogP contribution in [0.4, 0.5) is 0 Å². The second-order valence-electron chi connectivity index (χ2n) is 7.46. The molecule has 1 heterocycles. The third kappa shape index (κ3) is 7.41. The van der Waals surface area contributed by atoms with Gasteiger partial charge in [0.05, 0.1) is 10.7 Å². The van der Waals surface area contributed by atoms with Gasteiger partial charge in [-0.15, -0.1) is 0 Å². The largest absolute Gasteiger partial charge is 0.482 e. The van der Waals surface area contributed by atoms with Crippen LogP contribution in [0.2, 0.25) is 5.02 Å². The Balaban J connectivity index is 1.99. The van der Waals surface area contributed by atoms with Gasteiger partial charge in [0.25, 0.3) is 0 Å². The number of aromatic nitrogens is 2. The Bertz CT molecular complexity index is 868. The molecule has 162 valence electrons. The van der Waals surface area contributed by atoms with Gasteiger partial charge in [0.15, 0.2) is 0 Å². The van der Waals surface area contributed by atoms with Crippen LogP contribution in [0, 0.1) is 13.8 Å². The molecule has 0 fully saturated rings.